The second-order valence-corrected chi connectivity index (χ2v) is 7.53. The van der Waals surface area contributed by atoms with Crippen LogP contribution in [0.25, 0.3) is 10.1 Å². The van der Waals surface area contributed by atoms with Crippen molar-refractivity contribution < 1.29 is 4.79 Å². The first kappa shape index (κ1) is 15.5. The number of hydrogen-bond acceptors (Lipinski definition) is 2. The smallest absolute Gasteiger partial charge is 0.220 e. The topological polar surface area (TPSA) is 29.1 Å². The van der Waals surface area contributed by atoms with E-state index in [0.717, 1.165) is 25.7 Å². The largest absolute Gasteiger partial charge is 0.346 e. The Morgan fingerprint density at radius 1 is 1.23 bits per heavy atom. The zero-order chi connectivity index (χ0) is 15.4. The van der Waals surface area contributed by atoms with E-state index < -0.39 is 0 Å². The van der Waals surface area contributed by atoms with Crippen molar-refractivity contribution in [2.45, 2.75) is 63.8 Å². The standard InChI is InChI=1S/C19H25NOS/c1-2-3-11-18(21)20-19(12-7-4-8-13-19)17-14-15-9-5-6-10-16(15)22-17/h5-6,9-10,14H,2-4,7-8,11-13H2,1H3,(H,20,21). The van der Waals surface area contributed by atoms with E-state index in [-0.39, 0.29) is 11.4 Å². The highest BCUT2D eigenvalue weighted by Crippen LogP contribution is 2.42. The lowest BCUT2D eigenvalue weighted by molar-refractivity contribution is -0.123. The van der Waals surface area contributed by atoms with E-state index in [2.05, 4.69) is 42.6 Å². The van der Waals surface area contributed by atoms with Gasteiger partial charge in [-0.1, -0.05) is 50.8 Å². The van der Waals surface area contributed by atoms with Crippen LogP contribution in [-0.4, -0.2) is 5.91 Å². The lowest BCUT2D eigenvalue weighted by Gasteiger charge is -2.37. The van der Waals surface area contributed by atoms with Crippen LogP contribution in [0.1, 0.15) is 63.2 Å². The molecule has 3 heteroatoms. The quantitative estimate of drug-likeness (QED) is 0.790. The number of benzene rings is 1. The Morgan fingerprint density at radius 3 is 2.73 bits per heavy atom. The molecule has 1 heterocycles. The Kier molecular flexibility index (Phi) is 4.82. The van der Waals surface area contributed by atoms with E-state index in [4.69, 9.17) is 0 Å². The first-order valence-corrected chi connectivity index (χ1v) is 9.35. The minimum atomic E-state index is -0.118. The molecule has 22 heavy (non-hydrogen) atoms. The number of rotatable bonds is 5. The van der Waals surface area contributed by atoms with Crippen molar-refractivity contribution in [3.05, 3.63) is 35.2 Å². The van der Waals surface area contributed by atoms with Crippen LogP contribution in [0, 0.1) is 0 Å². The summed E-state index contributed by atoms with van der Waals surface area (Å²) >= 11 is 1.85. The van der Waals surface area contributed by atoms with Crippen molar-refractivity contribution in [1.82, 2.24) is 5.32 Å². The zero-order valence-electron chi connectivity index (χ0n) is 13.4. The maximum absolute atomic E-state index is 12.4. The normalized spacial score (nSPS) is 17.5. The summed E-state index contributed by atoms with van der Waals surface area (Å²) in [5, 5.41) is 4.72. The fourth-order valence-corrected chi connectivity index (χ4v) is 4.74. The molecule has 1 fully saturated rings. The van der Waals surface area contributed by atoms with Gasteiger partial charge in [-0.3, -0.25) is 4.79 Å². The summed E-state index contributed by atoms with van der Waals surface area (Å²) in [5.41, 5.74) is -0.118. The predicted molar refractivity (Wildman–Crippen MR) is 94.3 cm³/mol. The molecule has 0 bridgehead atoms. The van der Waals surface area contributed by atoms with Gasteiger partial charge in [-0.15, -0.1) is 11.3 Å². The van der Waals surface area contributed by atoms with Crippen molar-refractivity contribution >= 4 is 27.3 Å². The fraction of sp³-hybridized carbons (Fsp3) is 0.526. The van der Waals surface area contributed by atoms with Crippen LogP contribution < -0.4 is 5.32 Å². The Hall–Kier alpha value is -1.35. The fourth-order valence-electron chi connectivity index (χ4n) is 3.47. The molecule has 1 aliphatic carbocycles. The second kappa shape index (κ2) is 6.82. The average molecular weight is 315 g/mol. The van der Waals surface area contributed by atoms with Crippen LogP contribution in [0.4, 0.5) is 0 Å². The summed E-state index contributed by atoms with van der Waals surface area (Å²) in [7, 11) is 0. The molecule has 2 nitrogen and oxygen atoms in total. The van der Waals surface area contributed by atoms with E-state index in [1.165, 1.54) is 34.2 Å². The third-order valence-corrected chi connectivity index (χ3v) is 6.06. The van der Waals surface area contributed by atoms with Gasteiger partial charge in [0, 0.05) is 16.0 Å². The van der Waals surface area contributed by atoms with E-state index in [9.17, 15) is 4.79 Å². The molecule has 1 N–H and O–H groups in total. The molecule has 3 rings (SSSR count). The second-order valence-electron chi connectivity index (χ2n) is 6.44. The predicted octanol–water partition coefficient (Wildman–Crippen LogP) is 5.37. The molecule has 0 spiro atoms. The van der Waals surface area contributed by atoms with Crippen molar-refractivity contribution in [2.75, 3.05) is 0 Å². The van der Waals surface area contributed by atoms with Gasteiger partial charge in [-0.2, -0.15) is 0 Å². The minimum absolute atomic E-state index is 0.118. The number of hydrogen-bond donors (Lipinski definition) is 1. The highest BCUT2D eigenvalue weighted by atomic mass is 32.1. The Morgan fingerprint density at radius 2 is 2.00 bits per heavy atom. The number of carbonyl (C=O) groups is 1. The third-order valence-electron chi connectivity index (χ3n) is 4.74. The Labute approximate surface area is 136 Å². The number of thiophene rings is 1. The van der Waals surface area contributed by atoms with Crippen molar-refractivity contribution in [3.63, 3.8) is 0 Å². The number of fused-ring (bicyclic) bond motifs is 1. The summed E-state index contributed by atoms with van der Waals surface area (Å²) in [5.74, 6) is 0.223. The molecule has 1 aromatic carbocycles. The number of carbonyl (C=O) groups excluding carboxylic acids is 1. The first-order valence-electron chi connectivity index (χ1n) is 8.53. The van der Waals surface area contributed by atoms with Crippen LogP contribution in [0.5, 0.6) is 0 Å². The molecule has 0 saturated heterocycles. The van der Waals surface area contributed by atoms with E-state index >= 15 is 0 Å². The zero-order valence-corrected chi connectivity index (χ0v) is 14.2. The summed E-state index contributed by atoms with van der Waals surface area (Å²) in [6.45, 7) is 2.13. The monoisotopic (exact) mass is 315 g/mol. The Bertz CT molecular complexity index is 607. The van der Waals surface area contributed by atoms with Gasteiger partial charge in [0.25, 0.3) is 0 Å². The molecular weight excluding hydrogens is 290 g/mol. The summed E-state index contributed by atoms with van der Waals surface area (Å²) < 4.78 is 1.32. The van der Waals surface area contributed by atoms with E-state index in [1.54, 1.807) is 0 Å². The van der Waals surface area contributed by atoms with Crippen LogP contribution >= 0.6 is 11.3 Å². The molecule has 1 aliphatic rings. The van der Waals surface area contributed by atoms with E-state index in [0.29, 0.717) is 6.42 Å². The maximum atomic E-state index is 12.4. The summed E-state index contributed by atoms with van der Waals surface area (Å²) in [4.78, 5) is 13.7. The van der Waals surface area contributed by atoms with Crippen LogP contribution in [0.15, 0.2) is 30.3 Å². The van der Waals surface area contributed by atoms with Gasteiger partial charge in [-0.05, 0) is 36.8 Å². The van der Waals surface area contributed by atoms with Gasteiger partial charge in [0.15, 0.2) is 0 Å². The minimum Gasteiger partial charge on any atom is -0.346 e. The molecule has 118 valence electrons. The van der Waals surface area contributed by atoms with Crippen molar-refractivity contribution in [2.24, 2.45) is 0 Å². The van der Waals surface area contributed by atoms with Crippen molar-refractivity contribution in [1.29, 1.82) is 0 Å². The Balaban J connectivity index is 1.89. The molecule has 0 unspecified atom stereocenters. The highest BCUT2D eigenvalue weighted by molar-refractivity contribution is 7.19. The molecule has 2 aromatic rings. The molecule has 0 atom stereocenters. The number of nitrogens with one attached hydrogen (secondary N) is 1. The first-order chi connectivity index (χ1) is 10.7. The van der Waals surface area contributed by atoms with E-state index in [1.807, 2.05) is 11.3 Å². The molecule has 0 aliphatic heterocycles. The number of unbranched alkanes of at least 4 members (excludes halogenated alkanes) is 1. The van der Waals surface area contributed by atoms with Crippen molar-refractivity contribution in [3.8, 4) is 0 Å². The molecule has 1 saturated carbocycles. The number of amides is 1. The molecule has 1 amide bonds. The molecule has 0 radical (unpaired) electrons. The lowest BCUT2D eigenvalue weighted by Crippen LogP contribution is -2.46. The van der Waals surface area contributed by atoms with Crippen LogP contribution in [0.2, 0.25) is 0 Å². The third kappa shape index (κ3) is 3.19. The van der Waals surface area contributed by atoms with Gasteiger partial charge < -0.3 is 5.32 Å². The van der Waals surface area contributed by atoms with Gasteiger partial charge in [0.05, 0.1) is 5.54 Å². The SMILES string of the molecule is CCCCC(=O)NC1(c2cc3ccccc3s2)CCCCC1. The van der Waals surface area contributed by atoms with Crippen LogP contribution in [0.3, 0.4) is 0 Å². The maximum Gasteiger partial charge on any atom is 0.220 e. The van der Waals surface area contributed by atoms with Gasteiger partial charge >= 0.3 is 0 Å². The summed E-state index contributed by atoms with van der Waals surface area (Å²) in [6.07, 6.45) is 8.58. The van der Waals surface area contributed by atoms with Crippen LogP contribution in [-0.2, 0) is 10.3 Å². The summed E-state index contributed by atoms with van der Waals surface area (Å²) in [6, 6.07) is 10.8. The molecular formula is C19H25NOS. The van der Waals surface area contributed by atoms with Gasteiger partial charge in [0.1, 0.15) is 0 Å². The average Bonchev–Trinajstić information content (AvgIpc) is 2.98. The van der Waals surface area contributed by atoms with Gasteiger partial charge in [-0.25, -0.2) is 0 Å². The van der Waals surface area contributed by atoms with Gasteiger partial charge in [0.2, 0.25) is 5.91 Å². The lowest BCUT2D eigenvalue weighted by atomic mass is 9.80. The molecule has 1 aromatic heterocycles. The highest BCUT2D eigenvalue weighted by Gasteiger charge is 2.36.